The third-order valence-corrected chi connectivity index (χ3v) is 5.98. The smallest absolute Gasteiger partial charge is 0.264 e. The molecule has 1 N–H and O–H groups in total. The lowest BCUT2D eigenvalue weighted by Gasteiger charge is -2.20. The summed E-state index contributed by atoms with van der Waals surface area (Å²) in [6.45, 7) is 4.01. The summed E-state index contributed by atoms with van der Waals surface area (Å²) in [6.07, 6.45) is 1.66. The van der Waals surface area contributed by atoms with E-state index in [1.165, 1.54) is 23.5 Å². The van der Waals surface area contributed by atoms with Gasteiger partial charge < -0.3 is 5.32 Å². The van der Waals surface area contributed by atoms with Crippen molar-refractivity contribution < 1.29 is 13.2 Å². The first-order valence-electron chi connectivity index (χ1n) is 8.35. The quantitative estimate of drug-likeness (QED) is 0.822. The number of benzene rings is 2. The number of rotatable bonds is 7. The van der Waals surface area contributed by atoms with Gasteiger partial charge in [-0.3, -0.25) is 9.10 Å². The minimum Gasteiger partial charge on any atom is -0.349 e. The Kier molecular flexibility index (Phi) is 6.20. The number of nitrogens with one attached hydrogen (secondary N) is 1. The molecule has 25 heavy (non-hydrogen) atoms. The number of hydrogen-bond acceptors (Lipinski definition) is 3. The molecule has 0 aliphatic carbocycles. The maximum Gasteiger partial charge on any atom is 0.264 e. The minimum absolute atomic E-state index is 0.0831. The number of nitrogens with zero attached hydrogens (tertiary/aromatic N) is 1. The number of carbonyl (C=O) groups is 1. The van der Waals surface area contributed by atoms with Gasteiger partial charge in [0.25, 0.3) is 15.9 Å². The molecule has 0 bridgehead atoms. The van der Waals surface area contributed by atoms with E-state index < -0.39 is 10.0 Å². The lowest BCUT2D eigenvalue weighted by molar-refractivity contribution is 0.0934. The molecule has 2 aromatic carbocycles. The van der Waals surface area contributed by atoms with Crippen LogP contribution in [0.1, 0.15) is 37.0 Å². The Morgan fingerprint density at radius 1 is 1.04 bits per heavy atom. The first-order chi connectivity index (χ1) is 11.9. The number of carbonyl (C=O) groups excluding carboxylic acids is 1. The van der Waals surface area contributed by atoms with Gasteiger partial charge in [0, 0.05) is 18.7 Å². The van der Waals surface area contributed by atoms with Gasteiger partial charge in [-0.25, -0.2) is 8.42 Å². The first kappa shape index (κ1) is 19.0. The van der Waals surface area contributed by atoms with E-state index in [1.54, 1.807) is 36.4 Å². The van der Waals surface area contributed by atoms with E-state index in [0.29, 0.717) is 11.3 Å². The van der Waals surface area contributed by atoms with Gasteiger partial charge in [-0.05, 0) is 43.2 Å². The average molecular weight is 360 g/mol. The van der Waals surface area contributed by atoms with E-state index in [9.17, 15) is 13.2 Å². The lowest BCUT2D eigenvalue weighted by atomic mass is 10.1. The number of para-hydroxylation sites is 1. The van der Waals surface area contributed by atoms with Crippen molar-refractivity contribution in [3.63, 3.8) is 0 Å². The number of amides is 1. The van der Waals surface area contributed by atoms with Gasteiger partial charge in [-0.1, -0.05) is 38.1 Å². The number of sulfonamides is 1. The molecule has 134 valence electrons. The van der Waals surface area contributed by atoms with Crippen molar-refractivity contribution in [2.24, 2.45) is 0 Å². The highest BCUT2D eigenvalue weighted by molar-refractivity contribution is 7.92. The summed E-state index contributed by atoms with van der Waals surface area (Å²) in [4.78, 5) is 12.5. The predicted octanol–water partition coefficient (Wildman–Crippen LogP) is 3.43. The topological polar surface area (TPSA) is 66.5 Å². The van der Waals surface area contributed by atoms with Crippen molar-refractivity contribution in [1.82, 2.24) is 5.32 Å². The van der Waals surface area contributed by atoms with Crippen LogP contribution < -0.4 is 9.62 Å². The van der Waals surface area contributed by atoms with Gasteiger partial charge >= 0.3 is 0 Å². The van der Waals surface area contributed by atoms with Crippen LogP contribution in [0.3, 0.4) is 0 Å². The molecule has 2 rings (SSSR count). The van der Waals surface area contributed by atoms with E-state index in [1.807, 2.05) is 19.9 Å². The molecular weight excluding hydrogens is 336 g/mol. The Labute approximate surface area is 149 Å². The molecule has 0 saturated heterocycles. The first-order valence-corrected chi connectivity index (χ1v) is 9.79. The highest BCUT2D eigenvalue weighted by Crippen LogP contribution is 2.22. The molecule has 0 spiro atoms. The molecule has 0 aliphatic heterocycles. The Hall–Kier alpha value is -2.34. The van der Waals surface area contributed by atoms with Gasteiger partial charge in [-0.2, -0.15) is 0 Å². The molecule has 6 heteroatoms. The SMILES string of the molecule is CCC(CC)NC(=O)c1cccc(S(=O)(=O)N(C)c2ccccc2)c1. The maximum atomic E-state index is 12.8. The molecule has 0 unspecified atom stereocenters. The summed E-state index contributed by atoms with van der Waals surface area (Å²) in [5.41, 5.74) is 0.906. The fourth-order valence-electron chi connectivity index (χ4n) is 2.49. The molecule has 5 nitrogen and oxygen atoms in total. The monoisotopic (exact) mass is 360 g/mol. The molecule has 1 amide bonds. The predicted molar refractivity (Wildman–Crippen MR) is 100 cm³/mol. The van der Waals surface area contributed by atoms with Gasteiger partial charge in [0.15, 0.2) is 0 Å². The van der Waals surface area contributed by atoms with Crippen LogP contribution >= 0.6 is 0 Å². The van der Waals surface area contributed by atoms with Gasteiger partial charge in [-0.15, -0.1) is 0 Å². The van der Waals surface area contributed by atoms with Gasteiger partial charge in [0.1, 0.15) is 0 Å². The zero-order valence-corrected chi connectivity index (χ0v) is 15.6. The summed E-state index contributed by atoms with van der Waals surface area (Å²) in [7, 11) is -2.23. The van der Waals surface area contributed by atoms with E-state index in [0.717, 1.165) is 12.8 Å². The molecule has 0 aliphatic rings. The van der Waals surface area contributed by atoms with Crippen molar-refractivity contribution in [3.05, 3.63) is 60.2 Å². The zero-order valence-electron chi connectivity index (χ0n) is 14.8. The van der Waals surface area contributed by atoms with Crippen LogP contribution in [0.5, 0.6) is 0 Å². The van der Waals surface area contributed by atoms with E-state index in [2.05, 4.69) is 5.32 Å². The van der Waals surface area contributed by atoms with Crippen molar-refractivity contribution in [2.45, 2.75) is 37.6 Å². The normalized spacial score (nSPS) is 11.4. The minimum atomic E-state index is -3.73. The van der Waals surface area contributed by atoms with Crippen molar-refractivity contribution >= 4 is 21.6 Å². The van der Waals surface area contributed by atoms with Crippen LogP contribution in [0.2, 0.25) is 0 Å². The third kappa shape index (κ3) is 4.39. The maximum absolute atomic E-state index is 12.8. The van der Waals surface area contributed by atoms with Crippen molar-refractivity contribution in [3.8, 4) is 0 Å². The van der Waals surface area contributed by atoms with Crippen LogP contribution in [0.25, 0.3) is 0 Å². The Balaban J connectivity index is 2.29. The highest BCUT2D eigenvalue weighted by atomic mass is 32.2. The summed E-state index contributed by atoms with van der Waals surface area (Å²) < 4.78 is 26.9. The summed E-state index contributed by atoms with van der Waals surface area (Å²) in [5, 5.41) is 2.92. The fraction of sp³-hybridized carbons (Fsp3) is 0.316. The second kappa shape index (κ2) is 8.16. The molecule has 0 saturated carbocycles. The average Bonchev–Trinajstić information content (AvgIpc) is 2.66. The van der Waals surface area contributed by atoms with E-state index in [4.69, 9.17) is 0 Å². The lowest BCUT2D eigenvalue weighted by Crippen LogP contribution is -2.34. The zero-order chi connectivity index (χ0) is 18.4. The van der Waals surface area contributed by atoms with Crippen LogP contribution in [-0.4, -0.2) is 27.4 Å². The van der Waals surface area contributed by atoms with Crippen LogP contribution in [0, 0.1) is 0 Å². The fourth-order valence-corrected chi connectivity index (χ4v) is 3.74. The van der Waals surface area contributed by atoms with E-state index in [-0.39, 0.29) is 16.8 Å². The second-order valence-corrected chi connectivity index (χ2v) is 7.79. The molecule has 0 heterocycles. The molecule has 2 aromatic rings. The third-order valence-electron chi connectivity index (χ3n) is 4.20. The standard InChI is InChI=1S/C19H24N2O3S/c1-4-16(5-2)20-19(22)15-10-9-13-18(14-15)25(23,24)21(3)17-11-7-6-8-12-17/h6-14,16H,4-5H2,1-3H3,(H,20,22). The Morgan fingerprint density at radius 2 is 1.68 bits per heavy atom. The summed E-state index contributed by atoms with van der Waals surface area (Å²) in [6, 6.07) is 15.1. The van der Waals surface area contributed by atoms with Gasteiger partial charge in [0.2, 0.25) is 0 Å². The van der Waals surface area contributed by atoms with Gasteiger partial charge in [0.05, 0.1) is 10.6 Å². The number of hydrogen-bond donors (Lipinski definition) is 1. The van der Waals surface area contributed by atoms with Crippen molar-refractivity contribution in [1.29, 1.82) is 0 Å². The summed E-state index contributed by atoms with van der Waals surface area (Å²) in [5.74, 6) is -0.256. The van der Waals surface area contributed by atoms with E-state index >= 15 is 0 Å². The second-order valence-electron chi connectivity index (χ2n) is 5.82. The Bertz CT molecular complexity index is 816. The van der Waals surface area contributed by atoms with Crippen LogP contribution in [0.4, 0.5) is 5.69 Å². The molecule has 0 atom stereocenters. The highest BCUT2D eigenvalue weighted by Gasteiger charge is 2.22. The van der Waals surface area contributed by atoms with Crippen LogP contribution in [-0.2, 0) is 10.0 Å². The molecule has 0 fully saturated rings. The van der Waals surface area contributed by atoms with Crippen molar-refractivity contribution in [2.75, 3.05) is 11.4 Å². The van der Waals surface area contributed by atoms with Crippen LogP contribution in [0.15, 0.2) is 59.5 Å². The number of anilines is 1. The molecular formula is C19H24N2O3S. The Morgan fingerprint density at radius 3 is 2.28 bits per heavy atom. The molecule has 0 radical (unpaired) electrons. The molecule has 0 aromatic heterocycles. The summed E-state index contributed by atoms with van der Waals surface area (Å²) >= 11 is 0. The largest absolute Gasteiger partial charge is 0.349 e.